The summed E-state index contributed by atoms with van der Waals surface area (Å²) in [5.41, 5.74) is 6.23. The van der Waals surface area contributed by atoms with Crippen LogP contribution in [0.15, 0.2) is 12.4 Å². The molecule has 1 amide bonds. The summed E-state index contributed by atoms with van der Waals surface area (Å²) < 4.78 is 7.29. The van der Waals surface area contributed by atoms with Gasteiger partial charge in [0.25, 0.3) is 0 Å². The summed E-state index contributed by atoms with van der Waals surface area (Å²) in [4.78, 5) is 11.7. The van der Waals surface area contributed by atoms with Gasteiger partial charge in [-0.3, -0.25) is 9.48 Å². The topological polar surface area (TPSA) is 82.2 Å². The van der Waals surface area contributed by atoms with Gasteiger partial charge in [-0.15, -0.1) is 12.3 Å². The van der Waals surface area contributed by atoms with Crippen LogP contribution in [0, 0.1) is 12.3 Å². The molecule has 1 aliphatic heterocycles. The lowest BCUT2D eigenvalue weighted by molar-refractivity contribution is -0.117. The summed E-state index contributed by atoms with van der Waals surface area (Å²) in [6.07, 6.45) is 11.1. The van der Waals surface area contributed by atoms with Crippen molar-refractivity contribution in [3.8, 4) is 12.3 Å². The van der Waals surface area contributed by atoms with Gasteiger partial charge in [0.15, 0.2) is 0 Å². The van der Waals surface area contributed by atoms with E-state index in [2.05, 4.69) is 16.3 Å². The molecule has 2 heterocycles. The smallest absolute Gasteiger partial charge is 0.242 e. The highest BCUT2D eigenvalue weighted by Gasteiger charge is 2.17. The van der Waals surface area contributed by atoms with Gasteiger partial charge in [0.05, 0.1) is 30.6 Å². The maximum Gasteiger partial charge on any atom is 0.242 e. The van der Waals surface area contributed by atoms with Crippen LogP contribution in [0.4, 0.5) is 5.69 Å². The van der Waals surface area contributed by atoms with Crippen molar-refractivity contribution in [2.75, 3.05) is 11.9 Å². The second-order valence-corrected chi connectivity index (χ2v) is 4.59. The van der Waals surface area contributed by atoms with Crippen LogP contribution in [0.5, 0.6) is 0 Å². The highest BCUT2D eigenvalue weighted by atomic mass is 16.5. The molecule has 1 fully saturated rings. The van der Waals surface area contributed by atoms with Crippen LogP contribution < -0.4 is 11.1 Å². The van der Waals surface area contributed by atoms with Gasteiger partial charge >= 0.3 is 0 Å². The van der Waals surface area contributed by atoms with Gasteiger partial charge in [-0.25, -0.2) is 0 Å². The molecular weight excluding hydrogens is 244 g/mol. The predicted molar refractivity (Wildman–Crippen MR) is 71.3 cm³/mol. The number of nitrogens with zero attached hydrogens (tertiary/aromatic N) is 2. The molecule has 1 aliphatic rings. The second-order valence-electron chi connectivity index (χ2n) is 4.59. The average molecular weight is 262 g/mol. The summed E-state index contributed by atoms with van der Waals surface area (Å²) in [6, 6.07) is -0.688. The normalized spacial score (nSPS) is 19.9. The zero-order valence-electron chi connectivity index (χ0n) is 10.7. The Balaban J connectivity index is 1.86. The molecule has 1 aromatic heterocycles. The van der Waals surface area contributed by atoms with Crippen molar-refractivity contribution in [2.45, 2.75) is 38.0 Å². The highest BCUT2D eigenvalue weighted by molar-refractivity contribution is 5.94. The molecule has 1 saturated heterocycles. The predicted octanol–water partition coefficient (Wildman–Crippen LogP) is 0.351. The fourth-order valence-corrected chi connectivity index (χ4v) is 1.98. The maximum atomic E-state index is 11.7. The Labute approximate surface area is 112 Å². The molecular formula is C13H18N4O2. The van der Waals surface area contributed by atoms with Crippen LogP contribution in [0.3, 0.4) is 0 Å². The van der Waals surface area contributed by atoms with E-state index in [0.29, 0.717) is 12.2 Å². The SMILES string of the molecule is C#CCC(N)C(=O)Nc1cnn(CC2CCCO2)c1. The van der Waals surface area contributed by atoms with Crippen molar-refractivity contribution < 1.29 is 9.53 Å². The number of carbonyl (C=O) groups excluding carboxylic acids is 1. The van der Waals surface area contributed by atoms with Crippen molar-refractivity contribution in [3.63, 3.8) is 0 Å². The van der Waals surface area contributed by atoms with Gasteiger partial charge in [0, 0.05) is 19.2 Å². The number of ether oxygens (including phenoxy) is 1. The largest absolute Gasteiger partial charge is 0.376 e. The summed E-state index contributed by atoms with van der Waals surface area (Å²) in [6.45, 7) is 1.52. The lowest BCUT2D eigenvalue weighted by Crippen LogP contribution is -2.35. The standard InChI is InChI=1S/C13H18N4O2/c1-2-4-12(14)13(18)16-10-7-15-17(8-10)9-11-5-3-6-19-11/h1,7-8,11-12H,3-6,9,14H2,(H,16,18). The first-order valence-electron chi connectivity index (χ1n) is 6.33. The van der Waals surface area contributed by atoms with E-state index in [9.17, 15) is 4.79 Å². The summed E-state index contributed by atoms with van der Waals surface area (Å²) >= 11 is 0. The molecule has 0 spiro atoms. The first-order chi connectivity index (χ1) is 9.19. The van der Waals surface area contributed by atoms with Crippen molar-refractivity contribution in [1.29, 1.82) is 0 Å². The number of carbonyl (C=O) groups is 1. The number of anilines is 1. The first kappa shape index (κ1) is 13.6. The minimum absolute atomic E-state index is 0.215. The Bertz CT molecular complexity index is 471. The number of nitrogens with two attached hydrogens (primary N) is 1. The zero-order valence-corrected chi connectivity index (χ0v) is 10.7. The molecule has 19 heavy (non-hydrogen) atoms. The number of rotatable bonds is 5. The first-order valence-corrected chi connectivity index (χ1v) is 6.33. The third kappa shape index (κ3) is 3.81. The minimum atomic E-state index is -0.688. The maximum absolute atomic E-state index is 11.7. The van der Waals surface area contributed by atoms with Crippen LogP contribution in [0.2, 0.25) is 0 Å². The van der Waals surface area contributed by atoms with Gasteiger partial charge in [-0.05, 0) is 12.8 Å². The quantitative estimate of drug-likeness (QED) is 0.750. The lowest BCUT2D eigenvalue weighted by atomic mass is 10.2. The molecule has 6 heteroatoms. The van der Waals surface area contributed by atoms with Crippen molar-refractivity contribution in [2.24, 2.45) is 5.73 Å². The number of aromatic nitrogens is 2. The van der Waals surface area contributed by atoms with Crippen LogP contribution >= 0.6 is 0 Å². The number of nitrogens with one attached hydrogen (secondary N) is 1. The molecule has 0 saturated carbocycles. The molecule has 3 N–H and O–H groups in total. The summed E-state index contributed by atoms with van der Waals surface area (Å²) in [5.74, 6) is 2.07. The fourth-order valence-electron chi connectivity index (χ4n) is 1.98. The third-order valence-corrected chi connectivity index (χ3v) is 2.99. The second kappa shape index (κ2) is 6.36. The van der Waals surface area contributed by atoms with Crippen LogP contribution in [-0.2, 0) is 16.1 Å². The van der Waals surface area contributed by atoms with E-state index in [1.807, 2.05) is 0 Å². The number of hydrogen-bond acceptors (Lipinski definition) is 4. The lowest BCUT2D eigenvalue weighted by Gasteiger charge is -2.09. The molecule has 1 aromatic rings. The Morgan fingerprint density at radius 2 is 2.63 bits per heavy atom. The van der Waals surface area contributed by atoms with Crippen molar-refractivity contribution in [1.82, 2.24) is 9.78 Å². The molecule has 2 atom stereocenters. The van der Waals surface area contributed by atoms with Crippen LogP contribution in [0.25, 0.3) is 0 Å². The summed E-state index contributed by atoms with van der Waals surface area (Å²) in [7, 11) is 0. The molecule has 2 unspecified atom stereocenters. The fraction of sp³-hybridized carbons (Fsp3) is 0.538. The molecule has 0 aliphatic carbocycles. The van der Waals surface area contributed by atoms with E-state index in [1.165, 1.54) is 0 Å². The van der Waals surface area contributed by atoms with E-state index < -0.39 is 6.04 Å². The van der Waals surface area contributed by atoms with Gasteiger partial charge in [0.1, 0.15) is 0 Å². The number of hydrogen-bond donors (Lipinski definition) is 2. The molecule has 0 aromatic carbocycles. The van der Waals surface area contributed by atoms with Crippen molar-refractivity contribution in [3.05, 3.63) is 12.4 Å². The van der Waals surface area contributed by atoms with Crippen LogP contribution in [-0.4, -0.2) is 34.4 Å². The molecule has 0 bridgehead atoms. The van der Waals surface area contributed by atoms with E-state index in [0.717, 1.165) is 19.4 Å². The van der Waals surface area contributed by atoms with Gasteiger partial charge in [-0.1, -0.05) is 0 Å². The van der Waals surface area contributed by atoms with Crippen LogP contribution in [0.1, 0.15) is 19.3 Å². The van der Waals surface area contributed by atoms with Gasteiger partial charge in [0.2, 0.25) is 5.91 Å². The monoisotopic (exact) mass is 262 g/mol. The summed E-state index contributed by atoms with van der Waals surface area (Å²) in [5, 5.41) is 6.87. The minimum Gasteiger partial charge on any atom is -0.376 e. The molecule has 102 valence electrons. The highest BCUT2D eigenvalue weighted by Crippen LogP contribution is 2.15. The van der Waals surface area contributed by atoms with E-state index in [-0.39, 0.29) is 18.4 Å². The van der Waals surface area contributed by atoms with E-state index >= 15 is 0 Å². The van der Waals surface area contributed by atoms with E-state index in [1.54, 1.807) is 17.1 Å². The molecule has 2 rings (SSSR count). The Morgan fingerprint density at radius 1 is 1.79 bits per heavy atom. The zero-order chi connectivity index (χ0) is 13.7. The van der Waals surface area contributed by atoms with Crippen molar-refractivity contribution >= 4 is 11.6 Å². The molecule has 0 radical (unpaired) electrons. The third-order valence-electron chi connectivity index (χ3n) is 2.99. The number of amides is 1. The molecule has 6 nitrogen and oxygen atoms in total. The van der Waals surface area contributed by atoms with E-state index in [4.69, 9.17) is 16.9 Å². The van der Waals surface area contributed by atoms with Gasteiger partial charge in [-0.2, -0.15) is 5.10 Å². The Morgan fingerprint density at radius 3 is 3.32 bits per heavy atom. The Hall–Kier alpha value is -1.84. The Kier molecular flexibility index (Phi) is 4.55. The number of terminal acetylenes is 1. The van der Waals surface area contributed by atoms with Gasteiger partial charge < -0.3 is 15.8 Å². The average Bonchev–Trinajstić information content (AvgIpc) is 3.02.